The molecule has 11 heavy (non-hydrogen) atoms. The molecule has 1 saturated heterocycles. The highest BCUT2D eigenvalue weighted by Gasteiger charge is 2.35. The zero-order valence-corrected chi connectivity index (χ0v) is 6.96. The molecule has 0 unspecified atom stereocenters. The third kappa shape index (κ3) is 1.63. The van der Waals surface area contributed by atoms with Gasteiger partial charge in [0, 0.05) is 7.11 Å². The number of cyclic esters (lactones) is 1. The van der Waals surface area contributed by atoms with Crippen LogP contribution in [0.2, 0.25) is 0 Å². The molecule has 1 amide bonds. The van der Waals surface area contributed by atoms with Crippen molar-refractivity contribution in [2.24, 2.45) is 5.92 Å². The zero-order chi connectivity index (χ0) is 8.43. The van der Waals surface area contributed by atoms with Crippen LogP contribution in [0.3, 0.4) is 0 Å². The lowest BCUT2D eigenvalue weighted by molar-refractivity contribution is -0.0743. The van der Waals surface area contributed by atoms with Gasteiger partial charge < -0.3 is 14.8 Å². The van der Waals surface area contributed by atoms with Crippen molar-refractivity contribution in [3.05, 3.63) is 0 Å². The van der Waals surface area contributed by atoms with Crippen molar-refractivity contribution in [3.63, 3.8) is 0 Å². The van der Waals surface area contributed by atoms with Crippen molar-refractivity contribution in [2.45, 2.75) is 26.2 Å². The number of methoxy groups -OCH3 is 1. The summed E-state index contributed by atoms with van der Waals surface area (Å²) in [6.45, 7) is 4.01. The fourth-order valence-electron chi connectivity index (χ4n) is 1.09. The lowest BCUT2D eigenvalue weighted by Crippen LogP contribution is -2.37. The van der Waals surface area contributed by atoms with E-state index in [-0.39, 0.29) is 6.04 Å². The Morgan fingerprint density at radius 3 is 2.64 bits per heavy atom. The summed E-state index contributed by atoms with van der Waals surface area (Å²) in [6.07, 6.45) is -0.821. The third-order valence-corrected chi connectivity index (χ3v) is 1.75. The maximum Gasteiger partial charge on any atom is 0.409 e. The van der Waals surface area contributed by atoms with Crippen molar-refractivity contribution < 1.29 is 14.3 Å². The maximum atomic E-state index is 10.7. The second-order valence-electron chi connectivity index (χ2n) is 2.92. The monoisotopic (exact) mass is 159 g/mol. The van der Waals surface area contributed by atoms with Gasteiger partial charge in [-0.25, -0.2) is 4.79 Å². The van der Waals surface area contributed by atoms with E-state index < -0.39 is 12.4 Å². The minimum atomic E-state index is -0.428. The number of hydrogen-bond donors (Lipinski definition) is 1. The average Bonchev–Trinajstić information content (AvgIpc) is 2.30. The van der Waals surface area contributed by atoms with E-state index in [1.165, 1.54) is 7.11 Å². The van der Waals surface area contributed by atoms with Crippen LogP contribution in [0.1, 0.15) is 13.8 Å². The van der Waals surface area contributed by atoms with E-state index in [1.54, 1.807) is 0 Å². The quantitative estimate of drug-likeness (QED) is 0.646. The molecule has 4 nitrogen and oxygen atoms in total. The van der Waals surface area contributed by atoms with Gasteiger partial charge in [0.15, 0.2) is 0 Å². The van der Waals surface area contributed by atoms with Crippen LogP contribution in [-0.2, 0) is 9.47 Å². The normalized spacial score (nSPS) is 30.4. The standard InChI is InChI=1S/C7H13NO3/c1-4(2)5-6(10-3)11-7(9)8-5/h4-6H,1-3H3,(H,8,9)/t5-,6+/m0/s1. The molecule has 4 heteroatoms. The second-order valence-corrected chi connectivity index (χ2v) is 2.92. The minimum absolute atomic E-state index is 0.0208. The van der Waals surface area contributed by atoms with E-state index in [4.69, 9.17) is 9.47 Å². The molecule has 0 aromatic heterocycles. The molecule has 0 radical (unpaired) electrons. The van der Waals surface area contributed by atoms with Gasteiger partial charge in [-0.1, -0.05) is 13.8 Å². The Morgan fingerprint density at radius 2 is 2.27 bits per heavy atom. The summed E-state index contributed by atoms with van der Waals surface area (Å²) in [7, 11) is 1.53. The molecule has 0 spiro atoms. The van der Waals surface area contributed by atoms with E-state index in [9.17, 15) is 4.79 Å². The highest BCUT2D eigenvalue weighted by molar-refractivity contribution is 5.69. The number of carbonyl (C=O) groups excluding carboxylic acids is 1. The number of amides is 1. The van der Waals surface area contributed by atoms with Crippen LogP contribution < -0.4 is 5.32 Å². The van der Waals surface area contributed by atoms with Crippen molar-refractivity contribution in [3.8, 4) is 0 Å². The van der Waals surface area contributed by atoms with Gasteiger partial charge in [0.05, 0.1) is 6.04 Å². The highest BCUT2D eigenvalue weighted by Crippen LogP contribution is 2.16. The zero-order valence-electron chi connectivity index (χ0n) is 6.96. The van der Waals surface area contributed by atoms with Gasteiger partial charge in [0.2, 0.25) is 6.29 Å². The molecule has 0 aliphatic carbocycles. The van der Waals surface area contributed by atoms with Crippen molar-refractivity contribution in [2.75, 3.05) is 7.11 Å². The predicted molar refractivity (Wildman–Crippen MR) is 39.0 cm³/mol. The lowest BCUT2D eigenvalue weighted by atomic mass is 10.1. The Hall–Kier alpha value is -0.770. The first kappa shape index (κ1) is 8.33. The number of hydrogen-bond acceptors (Lipinski definition) is 3. The summed E-state index contributed by atoms with van der Waals surface area (Å²) in [4.78, 5) is 10.7. The van der Waals surface area contributed by atoms with E-state index in [0.717, 1.165) is 0 Å². The van der Waals surface area contributed by atoms with Crippen LogP contribution in [0.5, 0.6) is 0 Å². The molecular weight excluding hydrogens is 146 g/mol. The topological polar surface area (TPSA) is 47.6 Å². The molecule has 0 aromatic carbocycles. The number of carbonyl (C=O) groups is 1. The molecular formula is C7H13NO3. The van der Waals surface area contributed by atoms with Gasteiger partial charge in [0.25, 0.3) is 0 Å². The van der Waals surface area contributed by atoms with Gasteiger partial charge in [-0.2, -0.15) is 0 Å². The van der Waals surface area contributed by atoms with Crippen LogP contribution in [-0.4, -0.2) is 25.5 Å². The predicted octanol–water partition coefficient (Wildman–Crippen LogP) is 0.723. The summed E-state index contributed by atoms with van der Waals surface area (Å²) >= 11 is 0. The summed E-state index contributed by atoms with van der Waals surface area (Å²) in [5, 5.41) is 2.67. The van der Waals surface area contributed by atoms with Crippen molar-refractivity contribution >= 4 is 6.09 Å². The minimum Gasteiger partial charge on any atom is -0.417 e. The Bertz CT molecular complexity index is 158. The van der Waals surface area contributed by atoms with Crippen LogP contribution in [0.25, 0.3) is 0 Å². The molecule has 0 bridgehead atoms. The molecule has 0 aromatic rings. The van der Waals surface area contributed by atoms with E-state index in [2.05, 4.69) is 5.32 Å². The van der Waals surface area contributed by atoms with E-state index in [0.29, 0.717) is 5.92 Å². The summed E-state index contributed by atoms with van der Waals surface area (Å²) in [5.41, 5.74) is 0. The van der Waals surface area contributed by atoms with Gasteiger partial charge in [-0.05, 0) is 5.92 Å². The highest BCUT2D eigenvalue weighted by atomic mass is 16.7. The molecule has 1 heterocycles. The molecule has 1 aliphatic rings. The Morgan fingerprint density at radius 1 is 1.64 bits per heavy atom. The van der Waals surface area contributed by atoms with Gasteiger partial charge in [-0.3, -0.25) is 0 Å². The van der Waals surface area contributed by atoms with Gasteiger partial charge >= 0.3 is 6.09 Å². The Kier molecular flexibility index (Phi) is 2.34. The SMILES string of the molecule is CO[C@@H]1OC(=O)N[C@H]1C(C)C. The molecule has 1 N–H and O–H groups in total. The van der Waals surface area contributed by atoms with E-state index >= 15 is 0 Å². The summed E-state index contributed by atoms with van der Waals surface area (Å²) < 4.78 is 9.76. The van der Waals surface area contributed by atoms with Crippen molar-refractivity contribution in [1.29, 1.82) is 0 Å². The molecule has 1 aliphatic heterocycles. The first-order chi connectivity index (χ1) is 5.15. The van der Waals surface area contributed by atoms with Crippen LogP contribution in [0, 0.1) is 5.92 Å². The largest absolute Gasteiger partial charge is 0.417 e. The Balaban J connectivity index is 2.57. The first-order valence-corrected chi connectivity index (χ1v) is 3.65. The van der Waals surface area contributed by atoms with Gasteiger partial charge in [0.1, 0.15) is 0 Å². The smallest absolute Gasteiger partial charge is 0.409 e. The first-order valence-electron chi connectivity index (χ1n) is 3.65. The van der Waals surface area contributed by atoms with Gasteiger partial charge in [-0.15, -0.1) is 0 Å². The number of nitrogens with one attached hydrogen (secondary N) is 1. The second kappa shape index (κ2) is 3.09. The fourth-order valence-corrected chi connectivity index (χ4v) is 1.09. The van der Waals surface area contributed by atoms with Crippen LogP contribution >= 0.6 is 0 Å². The van der Waals surface area contributed by atoms with E-state index in [1.807, 2.05) is 13.8 Å². The molecule has 2 atom stereocenters. The maximum absolute atomic E-state index is 10.7. The molecule has 64 valence electrons. The summed E-state index contributed by atoms with van der Waals surface area (Å²) in [6, 6.07) is -0.0208. The lowest BCUT2D eigenvalue weighted by Gasteiger charge is -2.17. The molecule has 1 fully saturated rings. The Labute approximate surface area is 65.9 Å². The van der Waals surface area contributed by atoms with Crippen LogP contribution in [0.4, 0.5) is 4.79 Å². The third-order valence-electron chi connectivity index (χ3n) is 1.75. The van der Waals surface area contributed by atoms with Crippen LogP contribution in [0.15, 0.2) is 0 Å². The number of ether oxygens (including phenoxy) is 2. The number of alkyl carbamates (subject to hydrolysis) is 1. The fraction of sp³-hybridized carbons (Fsp3) is 0.857. The molecule has 1 rings (SSSR count). The number of rotatable bonds is 2. The molecule has 0 saturated carbocycles. The summed E-state index contributed by atoms with van der Waals surface area (Å²) in [5.74, 6) is 0.325. The van der Waals surface area contributed by atoms with Crippen molar-refractivity contribution in [1.82, 2.24) is 5.32 Å². The average molecular weight is 159 g/mol.